The summed E-state index contributed by atoms with van der Waals surface area (Å²) in [6.07, 6.45) is -3.83. The van der Waals surface area contributed by atoms with Gasteiger partial charge in [0.1, 0.15) is 19.0 Å². The summed E-state index contributed by atoms with van der Waals surface area (Å²) in [5, 5.41) is 3.72. The van der Waals surface area contributed by atoms with Gasteiger partial charge in [-0.05, 0) is 13.8 Å². The maximum Gasteiger partial charge on any atom is 0.330 e. The van der Waals surface area contributed by atoms with Crippen molar-refractivity contribution in [3.05, 3.63) is 17.0 Å². The fourth-order valence-electron chi connectivity index (χ4n) is 1.50. The lowest BCUT2D eigenvalue weighted by Crippen LogP contribution is -2.36. The van der Waals surface area contributed by atoms with Gasteiger partial charge in [0.05, 0.1) is 12.2 Å². The normalized spacial score (nSPS) is 12.0. The standard InChI is InChI=1S/C12H16F4N2O3/c1-7-9(8(2)21-17-7)4-18(3)10(19)5-20-6-12(15,16)11(13)14/h11H,4-6H2,1-3H3. The number of aryl methyl sites for hydroxylation is 2. The molecule has 1 aromatic rings. The highest BCUT2D eigenvalue weighted by molar-refractivity contribution is 5.77. The van der Waals surface area contributed by atoms with Crippen LogP contribution in [0.15, 0.2) is 4.52 Å². The average molecular weight is 312 g/mol. The number of nitrogens with zero attached hydrogens (tertiary/aromatic N) is 2. The summed E-state index contributed by atoms with van der Waals surface area (Å²) in [7, 11) is 1.43. The lowest BCUT2D eigenvalue weighted by Gasteiger charge is -2.19. The van der Waals surface area contributed by atoms with Gasteiger partial charge >= 0.3 is 12.3 Å². The predicted molar refractivity (Wildman–Crippen MR) is 64.2 cm³/mol. The van der Waals surface area contributed by atoms with Crippen molar-refractivity contribution in [3.8, 4) is 0 Å². The van der Waals surface area contributed by atoms with Gasteiger partial charge in [0.25, 0.3) is 0 Å². The van der Waals surface area contributed by atoms with Gasteiger partial charge in [-0.1, -0.05) is 5.16 Å². The molecule has 0 N–H and O–H groups in total. The van der Waals surface area contributed by atoms with E-state index in [1.165, 1.54) is 11.9 Å². The Bertz CT molecular complexity index is 471. The fourth-order valence-corrected chi connectivity index (χ4v) is 1.50. The minimum absolute atomic E-state index is 0.161. The summed E-state index contributed by atoms with van der Waals surface area (Å²) < 4.78 is 58.3. The Balaban J connectivity index is 2.46. The van der Waals surface area contributed by atoms with Gasteiger partial charge in [-0.25, -0.2) is 8.78 Å². The van der Waals surface area contributed by atoms with Crippen molar-refractivity contribution in [2.75, 3.05) is 20.3 Å². The second-order valence-electron chi connectivity index (χ2n) is 4.61. The third-order valence-corrected chi connectivity index (χ3v) is 2.84. The van der Waals surface area contributed by atoms with E-state index in [1.54, 1.807) is 13.8 Å². The van der Waals surface area contributed by atoms with Gasteiger partial charge in [-0.15, -0.1) is 0 Å². The molecule has 0 radical (unpaired) electrons. The smallest absolute Gasteiger partial charge is 0.330 e. The monoisotopic (exact) mass is 312 g/mol. The summed E-state index contributed by atoms with van der Waals surface area (Å²) in [5.41, 5.74) is 1.31. The summed E-state index contributed by atoms with van der Waals surface area (Å²) in [5.74, 6) is -4.34. The zero-order chi connectivity index (χ0) is 16.2. The van der Waals surface area contributed by atoms with Crippen molar-refractivity contribution in [2.24, 2.45) is 0 Å². The van der Waals surface area contributed by atoms with Crippen molar-refractivity contribution in [1.82, 2.24) is 10.1 Å². The van der Waals surface area contributed by atoms with Crippen molar-refractivity contribution in [3.63, 3.8) is 0 Å². The summed E-state index contributed by atoms with van der Waals surface area (Å²) in [6.45, 7) is 1.32. The second-order valence-corrected chi connectivity index (χ2v) is 4.61. The molecular formula is C12H16F4N2O3. The van der Waals surface area contributed by atoms with Crippen LogP contribution in [0, 0.1) is 13.8 Å². The summed E-state index contributed by atoms with van der Waals surface area (Å²) in [6, 6.07) is 0. The molecule has 0 aliphatic carbocycles. The number of hydrogen-bond donors (Lipinski definition) is 0. The molecule has 0 saturated carbocycles. The molecule has 1 amide bonds. The maximum atomic E-state index is 12.6. The third kappa shape index (κ3) is 4.69. The van der Waals surface area contributed by atoms with Gasteiger partial charge in [-0.2, -0.15) is 8.78 Å². The van der Waals surface area contributed by atoms with E-state index < -0.39 is 31.5 Å². The number of amides is 1. The molecule has 1 aromatic heterocycles. The topological polar surface area (TPSA) is 55.6 Å². The molecule has 0 fully saturated rings. The van der Waals surface area contributed by atoms with Gasteiger partial charge in [0, 0.05) is 12.6 Å². The number of likely N-dealkylation sites (N-methyl/N-ethyl adjacent to an activating group) is 1. The first-order chi connectivity index (χ1) is 9.65. The van der Waals surface area contributed by atoms with E-state index in [4.69, 9.17) is 4.52 Å². The van der Waals surface area contributed by atoms with Gasteiger partial charge < -0.3 is 14.2 Å². The fraction of sp³-hybridized carbons (Fsp3) is 0.667. The van der Waals surface area contributed by atoms with Crippen LogP contribution in [0.3, 0.4) is 0 Å². The van der Waals surface area contributed by atoms with E-state index in [9.17, 15) is 22.4 Å². The zero-order valence-corrected chi connectivity index (χ0v) is 11.8. The number of hydrogen-bond acceptors (Lipinski definition) is 4. The molecule has 0 aliphatic rings. The van der Waals surface area contributed by atoms with Crippen molar-refractivity contribution in [2.45, 2.75) is 32.7 Å². The first-order valence-electron chi connectivity index (χ1n) is 6.04. The van der Waals surface area contributed by atoms with Crippen LogP contribution in [0.5, 0.6) is 0 Å². The molecule has 0 unspecified atom stereocenters. The van der Waals surface area contributed by atoms with E-state index >= 15 is 0 Å². The van der Waals surface area contributed by atoms with Crippen LogP contribution < -0.4 is 0 Å². The summed E-state index contributed by atoms with van der Waals surface area (Å²) >= 11 is 0. The third-order valence-electron chi connectivity index (χ3n) is 2.84. The minimum Gasteiger partial charge on any atom is -0.365 e. The Labute approximate surface area is 118 Å². The van der Waals surface area contributed by atoms with Crippen LogP contribution in [-0.4, -0.2) is 48.6 Å². The lowest BCUT2D eigenvalue weighted by molar-refractivity contribution is -0.170. The Kier molecular flexibility index (Phi) is 5.70. The number of carbonyl (C=O) groups excluding carboxylic acids is 1. The highest BCUT2D eigenvalue weighted by Crippen LogP contribution is 2.22. The highest BCUT2D eigenvalue weighted by Gasteiger charge is 2.41. The number of carbonyl (C=O) groups is 1. The van der Waals surface area contributed by atoms with Crippen LogP contribution in [0.25, 0.3) is 0 Å². The molecular weight excluding hydrogens is 296 g/mol. The van der Waals surface area contributed by atoms with E-state index in [0.717, 1.165) is 0 Å². The number of ether oxygens (including phenoxy) is 1. The van der Waals surface area contributed by atoms with Gasteiger partial charge in [0.2, 0.25) is 5.91 Å². The van der Waals surface area contributed by atoms with Crippen molar-refractivity contribution < 1.29 is 31.6 Å². The van der Waals surface area contributed by atoms with Crippen LogP contribution in [-0.2, 0) is 16.1 Å². The first-order valence-corrected chi connectivity index (χ1v) is 6.04. The Morgan fingerprint density at radius 2 is 2.05 bits per heavy atom. The lowest BCUT2D eigenvalue weighted by atomic mass is 10.2. The predicted octanol–water partition coefficient (Wildman–Crippen LogP) is 2.17. The number of halogens is 4. The molecule has 0 saturated heterocycles. The average Bonchev–Trinajstić information content (AvgIpc) is 2.69. The van der Waals surface area contributed by atoms with E-state index in [2.05, 4.69) is 9.89 Å². The number of rotatable bonds is 7. The van der Waals surface area contributed by atoms with E-state index in [1.807, 2.05) is 0 Å². The molecule has 120 valence electrons. The molecule has 0 aliphatic heterocycles. The molecule has 21 heavy (non-hydrogen) atoms. The molecule has 0 atom stereocenters. The molecule has 1 heterocycles. The summed E-state index contributed by atoms with van der Waals surface area (Å²) in [4.78, 5) is 12.9. The van der Waals surface area contributed by atoms with Gasteiger partial charge in [-0.3, -0.25) is 4.79 Å². The second kappa shape index (κ2) is 6.88. The molecule has 0 spiro atoms. The molecule has 9 heteroatoms. The molecule has 5 nitrogen and oxygen atoms in total. The largest absolute Gasteiger partial charge is 0.365 e. The van der Waals surface area contributed by atoms with Crippen LogP contribution >= 0.6 is 0 Å². The van der Waals surface area contributed by atoms with Crippen LogP contribution in [0.1, 0.15) is 17.0 Å². The van der Waals surface area contributed by atoms with Gasteiger partial charge in [0.15, 0.2) is 0 Å². The molecule has 1 rings (SSSR count). The molecule has 0 aromatic carbocycles. The molecule has 0 bridgehead atoms. The quantitative estimate of drug-likeness (QED) is 0.724. The van der Waals surface area contributed by atoms with Crippen molar-refractivity contribution >= 4 is 5.91 Å². The Morgan fingerprint density at radius 3 is 2.52 bits per heavy atom. The SMILES string of the molecule is Cc1noc(C)c1CN(C)C(=O)COCC(F)(F)C(F)F. The minimum atomic E-state index is -4.26. The van der Waals surface area contributed by atoms with E-state index in [0.29, 0.717) is 17.0 Å². The highest BCUT2D eigenvalue weighted by atomic mass is 19.3. The maximum absolute atomic E-state index is 12.6. The van der Waals surface area contributed by atoms with Crippen molar-refractivity contribution in [1.29, 1.82) is 0 Å². The van der Waals surface area contributed by atoms with Crippen LogP contribution in [0.4, 0.5) is 17.6 Å². The van der Waals surface area contributed by atoms with E-state index in [-0.39, 0.29) is 6.54 Å². The Hall–Kier alpha value is -1.64. The first kappa shape index (κ1) is 17.4. The number of alkyl halides is 4. The zero-order valence-electron chi connectivity index (χ0n) is 11.8. The Morgan fingerprint density at radius 1 is 1.43 bits per heavy atom. The van der Waals surface area contributed by atoms with Crippen LogP contribution in [0.2, 0.25) is 0 Å². The number of aromatic nitrogens is 1.